The van der Waals surface area contributed by atoms with E-state index < -0.39 is 17.6 Å². The highest BCUT2D eigenvalue weighted by Crippen LogP contribution is 2.23. The Kier molecular flexibility index (Phi) is 9.41. The average Bonchev–Trinajstić information content (AvgIpc) is 3.31. The summed E-state index contributed by atoms with van der Waals surface area (Å²) < 4.78 is 12.1. The van der Waals surface area contributed by atoms with Crippen LogP contribution in [0.5, 0.6) is 0 Å². The van der Waals surface area contributed by atoms with Crippen molar-refractivity contribution in [3.05, 3.63) is 58.1 Å². The van der Waals surface area contributed by atoms with Crippen molar-refractivity contribution < 1.29 is 23.5 Å². The van der Waals surface area contributed by atoms with Gasteiger partial charge in [-0.2, -0.15) is 4.98 Å². The SMILES string of the molecule is CC(C)(C)OC(=O)C(CNC(=O)c1ccc(CCC(=O)NC2=NCCCN2)cc1)Nc1nc2cc(Br)ccc2o1. The van der Waals surface area contributed by atoms with Gasteiger partial charge in [0, 0.05) is 36.1 Å². The molecule has 0 saturated heterocycles. The molecule has 0 spiro atoms. The molecular formula is C28H33BrN6O5. The minimum atomic E-state index is -0.944. The summed E-state index contributed by atoms with van der Waals surface area (Å²) in [7, 11) is 0. The Hall–Kier alpha value is -3.93. The Morgan fingerprint density at radius 3 is 2.62 bits per heavy atom. The third-order valence-corrected chi connectivity index (χ3v) is 6.31. The zero-order valence-electron chi connectivity index (χ0n) is 22.7. The van der Waals surface area contributed by atoms with Crippen molar-refractivity contribution >= 4 is 56.8 Å². The molecule has 2 aromatic carbocycles. The van der Waals surface area contributed by atoms with Crippen LogP contribution in [0, 0.1) is 0 Å². The minimum Gasteiger partial charge on any atom is -0.458 e. The lowest BCUT2D eigenvalue weighted by Crippen LogP contribution is -2.44. The fourth-order valence-electron chi connectivity index (χ4n) is 3.87. The number of nitrogens with one attached hydrogen (secondary N) is 4. The van der Waals surface area contributed by atoms with Crippen LogP contribution in [0.25, 0.3) is 11.1 Å². The highest BCUT2D eigenvalue weighted by atomic mass is 79.9. The Balaban J connectivity index is 1.34. The molecule has 4 N–H and O–H groups in total. The monoisotopic (exact) mass is 612 g/mol. The number of aliphatic imine (C=N–C) groups is 1. The number of rotatable bonds is 9. The normalized spacial score (nSPS) is 14.1. The van der Waals surface area contributed by atoms with Crippen LogP contribution in [0.15, 0.2) is 56.3 Å². The number of carbonyl (C=O) groups is 3. The van der Waals surface area contributed by atoms with E-state index in [2.05, 4.69) is 47.2 Å². The molecule has 1 aliphatic rings. The Labute approximate surface area is 240 Å². The van der Waals surface area contributed by atoms with Gasteiger partial charge in [0.1, 0.15) is 17.2 Å². The van der Waals surface area contributed by atoms with Crippen molar-refractivity contribution in [3.63, 3.8) is 0 Å². The fourth-order valence-corrected chi connectivity index (χ4v) is 4.21. The van der Waals surface area contributed by atoms with Gasteiger partial charge in [-0.1, -0.05) is 28.1 Å². The number of anilines is 1. The molecule has 3 aromatic rings. The van der Waals surface area contributed by atoms with Crippen molar-refractivity contribution in [3.8, 4) is 0 Å². The number of carbonyl (C=O) groups excluding carboxylic acids is 3. The lowest BCUT2D eigenvalue weighted by Gasteiger charge is -2.24. The summed E-state index contributed by atoms with van der Waals surface area (Å²) in [6, 6.07) is 11.6. The smallest absolute Gasteiger partial charge is 0.331 e. The summed E-state index contributed by atoms with van der Waals surface area (Å²) in [5.74, 6) is -0.518. The fraction of sp³-hybridized carbons (Fsp3) is 0.393. The molecule has 1 aromatic heterocycles. The first-order chi connectivity index (χ1) is 19.1. The maximum atomic E-state index is 12.9. The minimum absolute atomic E-state index is 0.0595. The van der Waals surface area contributed by atoms with Crippen LogP contribution < -0.4 is 21.3 Å². The number of aryl methyl sites for hydroxylation is 1. The van der Waals surface area contributed by atoms with Gasteiger partial charge in [0.05, 0.1) is 0 Å². The number of benzene rings is 2. The molecule has 12 heteroatoms. The molecule has 11 nitrogen and oxygen atoms in total. The van der Waals surface area contributed by atoms with Crippen LogP contribution in [0.1, 0.15) is 49.5 Å². The summed E-state index contributed by atoms with van der Waals surface area (Å²) in [5, 5.41) is 11.6. The predicted octanol–water partition coefficient (Wildman–Crippen LogP) is 3.54. The maximum Gasteiger partial charge on any atom is 0.331 e. The number of hydrogen-bond donors (Lipinski definition) is 4. The molecule has 40 heavy (non-hydrogen) atoms. The molecule has 212 valence electrons. The Morgan fingerprint density at radius 2 is 1.93 bits per heavy atom. The molecule has 4 rings (SSSR count). The molecular weight excluding hydrogens is 580 g/mol. The quantitative estimate of drug-likeness (QED) is 0.268. The van der Waals surface area contributed by atoms with Crippen LogP contribution in [0.3, 0.4) is 0 Å². The van der Waals surface area contributed by atoms with Crippen molar-refractivity contribution in [2.24, 2.45) is 4.99 Å². The zero-order chi connectivity index (χ0) is 28.7. The van der Waals surface area contributed by atoms with E-state index in [0.717, 1.165) is 23.0 Å². The lowest BCUT2D eigenvalue weighted by atomic mass is 10.1. The number of fused-ring (bicyclic) bond motifs is 1. The van der Waals surface area contributed by atoms with Crippen molar-refractivity contribution in [2.75, 3.05) is 25.0 Å². The van der Waals surface area contributed by atoms with E-state index in [1.807, 2.05) is 6.07 Å². The van der Waals surface area contributed by atoms with E-state index >= 15 is 0 Å². The summed E-state index contributed by atoms with van der Waals surface area (Å²) in [6.45, 7) is 6.75. The number of halogens is 1. The third kappa shape index (κ3) is 8.54. The molecule has 0 fully saturated rings. The predicted molar refractivity (Wildman–Crippen MR) is 155 cm³/mol. The van der Waals surface area contributed by atoms with Crippen molar-refractivity contribution in [1.29, 1.82) is 0 Å². The summed E-state index contributed by atoms with van der Waals surface area (Å²) in [4.78, 5) is 46.6. The summed E-state index contributed by atoms with van der Waals surface area (Å²) >= 11 is 3.40. The molecule has 0 bridgehead atoms. The van der Waals surface area contributed by atoms with Crippen molar-refractivity contribution in [2.45, 2.75) is 51.7 Å². The number of guanidine groups is 1. The van der Waals surface area contributed by atoms with E-state index in [1.165, 1.54) is 0 Å². The second kappa shape index (κ2) is 12.9. The lowest BCUT2D eigenvalue weighted by molar-refractivity contribution is -0.155. The van der Waals surface area contributed by atoms with Gasteiger partial charge in [0.25, 0.3) is 11.9 Å². The zero-order valence-corrected chi connectivity index (χ0v) is 24.3. The second-order valence-corrected chi connectivity index (χ2v) is 11.2. The Morgan fingerprint density at radius 1 is 1.15 bits per heavy atom. The van der Waals surface area contributed by atoms with E-state index in [1.54, 1.807) is 57.2 Å². The van der Waals surface area contributed by atoms with Gasteiger partial charge >= 0.3 is 5.97 Å². The van der Waals surface area contributed by atoms with E-state index in [-0.39, 0.29) is 24.4 Å². The van der Waals surface area contributed by atoms with Crippen LogP contribution in [0.4, 0.5) is 6.01 Å². The van der Waals surface area contributed by atoms with Crippen LogP contribution in [0.2, 0.25) is 0 Å². The molecule has 0 radical (unpaired) electrons. The molecule has 1 atom stereocenters. The summed E-state index contributed by atoms with van der Waals surface area (Å²) in [6.07, 6.45) is 1.77. The van der Waals surface area contributed by atoms with Crippen LogP contribution in [-0.2, 0) is 20.7 Å². The standard InChI is InChI=1S/C28H33BrN6O5/c1-28(2,3)40-25(38)21(34-27-33-20-15-19(29)10-11-22(20)39-27)16-32-24(37)18-8-5-17(6-9-18)7-12-23(36)35-26-30-13-4-14-31-26/h5-6,8-11,15,21H,4,7,12-14,16H2,1-3H3,(H,32,37)(H,33,34)(H2,30,31,35,36). The van der Waals surface area contributed by atoms with Gasteiger partial charge < -0.3 is 25.1 Å². The number of esters is 1. The topological polar surface area (TPSA) is 147 Å². The van der Waals surface area contributed by atoms with Gasteiger partial charge in [0.2, 0.25) is 5.91 Å². The van der Waals surface area contributed by atoms with Crippen LogP contribution >= 0.6 is 15.9 Å². The van der Waals surface area contributed by atoms with Crippen molar-refractivity contribution in [1.82, 2.24) is 20.9 Å². The highest BCUT2D eigenvalue weighted by Gasteiger charge is 2.27. The maximum absolute atomic E-state index is 12.9. The number of oxazole rings is 1. The van der Waals surface area contributed by atoms with Gasteiger partial charge in [-0.05, 0) is 69.5 Å². The third-order valence-electron chi connectivity index (χ3n) is 5.82. The molecule has 0 aliphatic carbocycles. The average molecular weight is 614 g/mol. The first-order valence-electron chi connectivity index (χ1n) is 13.1. The highest BCUT2D eigenvalue weighted by molar-refractivity contribution is 9.10. The molecule has 1 unspecified atom stereocenters. The molecule has 2 amide bonds. The molecule has 0 saturated carbocycles. The number of ether oxygens (including phenoxy) is 1. The number of hydrogen-bond acceptors (Lipinski definition) is 9. The van der Waals surface area contributed by atoms with E-state index in [4.69, 9.17) is 9.15 Å². The van der Waals surface area contributed by atoms with Crippen LogP contribution in [-0.4, -0.2) is 60.0 Å². The van der Waals surface area contributed by atoms with Gasteiger partial charge in [-0.25, -0.2) is 4.79 Å². The first kappa shape index (κ1) is 29.1. The van der Waals surface area contributed by atoms with Gasteiger partial charge in [0.15, 0.2) is 11.5 Å². The number of nitrogens with zero attached hydrogens (tertiary/aromatic N) is 2. The first-order valence-corrected chi connectivity index (χ1v) is 13.9. The largest absolute Gasteiger partial charge is 0.458 e. The number of aromatic nitrogens is 1. The Bertz CT molecular complexity index is 1400. The van der Waals surface area contributed by atoms with Gasteiger partial charge in [-0.3, -0.25) is 19.9 Å². The second-order valence-electron chi connectivity index (χ2n) is 10.3. The molecule has 2 heterocycles. The van der Waals surface area contributed by atoms with Gasteiger partial charge in [-0.15, -0.1) is 0 Å². The molecule has 1 aliphatic heterocycles. The number of amides is 2. The summed E-state index contributed by atoms with van der Waals surface area (Å²) in [5.41, 5.74) is 1.78. The van der Waals surface area contributed by atoms with E-state index in [0.29, 0.717) is 42.0 Å². The van der Waals surface area contributed by atoms with E-state index in [9.17, 15) is 14.4 Å².